The standard InChI is InChI=1S/C13H17FN4S2/c14-9-5-7-11(8-6-9)16-13(20)18-17-12(19)15-10-3-1-2-4-10/h5-8,10H,1-4H2,(H2,15,17,19)(H2,16,18,20). The van der Waals surface area contributed by atoms with Crippen molar-refractivity contribution in [1.82, 2.24) is 16.2 Å². The van der Waals surface area contributed by atoms with Crippen LogP contribution in [0.2, 0.25) is 0 Å². The molecular formula is C13H17FN4S2. The van der Waals surface area contributed by atoms with Crippen LogP contribution in [0.5, 0.6) is 0 Å². The van der Waals surface area contributed by atoms with Crippen molar-refractivity contribution in [2.75, 3.05) is 5.32 Å². The summed E-state index contributed by atoms with van der Waals surface area (Å²) in [7, 11) is 0. The number of rotatable bonds is 2. The molecule has 0 atom stereocenters. The van der Waals surface area contributed by atoms with E-state index in [1.165, 1.54) is 25.0 Å². The number of nitrogens with one attached hydrogen (secondary N) is 4. The van der Waals surface area contributed by atoms with Gasteiger partial charge in [-0.25, -0.2) is 4.39 Å². The molecule has 1 aromatic rings. The molecule has 0 bridgehead atoms. The highest BCUT2D eigenvalue weighted by Crippen LogP contribution is 2.17. The number of halogens is 1. The van der Waals surface area contributed by atoms with E-state index in [9.17, 15) is 4.39 Å². The molecule has 0 amide bonds. The van der Waals surface area contributed by atoms with Gasteiger partial charge in [0.25, 0.3) is 0 Å². The van der Waals surface area contributed by atoms with Crippen LogP contribution in [0.4, 0.5) is 10.1 Å². The Morgan fingerprint density at radius 2 is 1.60 bits per heavy atom. The largest absolute Gasteiger partial charge is 0.359 e. The van der Waals surface area contributed by atoms with Gasteiger partial charge in [-0.15, -0.1) is 0 Å². The van der Waals surface area contributed by atoms with Gasteiger partial charge in [-0.1, -0.05) is 12.8 Å². The van der Waals surface area contributed by atoms with Crippen molar-refractivity contribution in [3.05, 3.63) is 30.1 Å². The summed E-state index contributed by atoms with van der Waals surface area (Å²) in [6.07, 6.45) is 4.80. The first-order valence-corrected chi connectivity index (χ1v) is 7.34. The van der Waals surface area contributed by atoms with Crippen molar-refractivity contribution in [3.8, 4) is 0 Å². The summed E-state index contributed by atoms with van der Waals surface area (Å²) in [6.45, 7) is 0. The predicted molar refractivity (Wildman–Crippen MR) is 86.9 cm³/mol. The highest BCUT2D eigenvalue weighted by molar-refractivity contribution is 7.80. The molecule has 4 N–H and O–H groups in total. The Labute approximate surface area is 128 Å². The lowest BCUT2D eigenvalue weighted by atomic mass is 10.3. The first-order valence-electron chi connectivity index (χ1n) is 6.52. The Morgan fingerprint density at radius 1 is 1.00 bits per heavy atom. The van der Waals surface area contributed by atoms with Gasteiger partial charge in [0.1, 0.15) is 5.82 Å². The minimum atomic E-state index is -0.283. The van der Waals surface area contributed by atoms with Crippen LogP contribution in [0.15, 0.2) is 24.3 Å². The fourth-order valence-corrected chi connectivity index (χ4v) is 2.49. The smallest absolute Gasteiger partial charge is 0.189 e. The van der Waals surface area contributed by atoms with Crippen LogP contribution in [-0.4, -0.2) is 16.3 Å². The Hall–Kier alpha value is -1.47. The topological polar surface area (TPSA) is 48.1 Å². The van der Waals surface area contributed by atoms with E-state index in [1.54, 1.807) is 12.1 Å². The second-order valence-electron chi connectivity index (χ2n) is 4.67. The first kappa shape index (κ1) is 14.9. The quantitative estimate of drug-likeness (QED) is 0.497. The van der Waals surface area contributed by atoms with Crippen molar-refractivity contribution in [3.63, 3.8) is 0 Å². The number of benzene rings is 1. The third-order valence-corrected chi connectivity index (χ3v) is 3.51. The number of thiocarbonyl (C=S) groups is 2. The second-order valence-corrected chi connectivity index (χ2v) is 5.48. The fourth-order valence-electron chi connectivity index (χ4n) is 2.10. The van der Waals surface area contributed by atoms with E-state index in [0.29, 0.717) is 22.0 Å². The normalized spacial score (nSPS) is 14.7. The molecule has 0 unspecified atom stereocenters. The van der Waals surface area contributed by atoms with Gasteiger partial charge < -0.3 is 10.6 Å². The highest BCUT2D eigenvalue weighted by atomic mass is 32.1. The van der Waals surface area contributed by atoms with Crippen molar-refractivity contribution >= 4 is 40.3 Å². The lowest BCUT2D eigenvalue weighted by Crippen LogP contribution is -2.50. The zero-order chi connectivity index (χ0) is 14.4. The SMILES string of the molecule is Fc1ccc(NC(=S)NNC(=S)NC2CCCC2)cc1. The van der Waals surface area contributed by atoms with Crippen LogP contribution >= 0.6 is 24.4 Å². The molecular weight excluding hydrogens is 295 g/mol. The molecule has 1 aliphatic carbocycles. The summed E-state index contributed by atoms with van der Waals surface area (Å²) in [6, 6.07) is 6.40. The maximum Gasteiger partial charge on any atom is 0.189 e. The van der Waals surface area contributed by atoms with E-state index in [-0.39, 0.29) is 5.82 Å². The lowest BCUT2D eigenvalue weighted by molar-refractivity contribution is 0.618. The van der Waals surface area contributed by atoms with E-state index in [4.69, 9.17) is 24.4 Å². The van der Waals surface area contributed by atoms with E-state index < -0.39 is 0 Å². The van der Waals surface area contributed by atoms with Crippen molar-refractivity contribution in [1.29, 1.82) is 0 Å². The van der Waals surface area contributed by atoms with Gasteiger partial charge in [-0.2, -0.15) is 0 Å². The van der Waals surface area contributed by atoms with Gasteiger partial charge in [0.15, 0.2) is 10.2 Å². The molecule has 1 saturated carbocycles. The summed E-state index contributed by atoms with van der Waals surface area (Å²) in [5.74, 6) is -0.283. The van der Waals surface area contributed by atoms with Gasteiger partial charge in [-0.05, 0) is 61.5 Å². The minimum Gasteiger partial charge on any atom is -0.359 e. The molecule has 1 aliphatic rings. The lowest BCUT2D eigenvalue weighted by Gasteiger charge is -2.17. The van der Waals surface area contributed by atoms with Crippen molar-refractivity contribution in [2.45, 2.75) is 31.7 Å². The third-order valence-electron chi connectivity index (χ3n) is 3.08. The van der Waals surface area contributed by atoms with Gasteiger partial charge in [-0.3, -0.25) is 10.9 Å². The summed E-state index contributed by atoms with van der Waals surface area (Å²) < 4.78 is 12.8. The molecule has 0 radical (unpaired) electrons. The fraction of sp³-hybridized carbons (Fsp3) is 0.385. The predicted octanol–water partition coefficient (Wildman–Crippen LogP) is 2.43. The van der Waals surface area contributed by atoms with Crippen LogP contribution in [0.3, 0.4) is 0 Å². The van der Waals surface area contributed by atoms with Gasteiger partial charge in [0.2, 0.25) is 0 Å². The molecule has 2 rings (SSSR count). The number of hydrogen-bond acceptors (Lipinski definition) is 2. The van der Waals surface area contributed by atoms with Crippen LogP contribution in [0, 0.1) is 5.82 Å². The van der Waals surface area contributed by atoms with Crippen LogP contribution in [0.1, 0.15) is 25.7 Å². The molecule has 0 saturated heterocycles. The Balaban J connectivity index is 1.69. The van der Waals surface area contributed by atoms with Crippen LogP contribution in [-0.2, 0) is 0 Å². The Bertz CT molecular complexity index is 472. The first-order chi connectivity index (χ1) is 9.63. The molecule has 0 aromatic heterocycles. The zero-order valence-corrected chi connectivity index (χ0v) is 12.5. The van der Waals surface area contributed by atoms with Crippen LogP contribution in [0.25, 0.3) is 0 Å². The second kappa shape index (κ2) is 7.35. The maximum atomic E-state index is 12.8. The average Bonchev–Trinajstić information content (AvgIpc) is 2.92. The summed E-state index contributed by atoms with van der Waals surface area (Å²) in [5.41, 5.74) is 6.33. The number of hydrazine groups is 1. The molecule has 1 aromatic carbocycles. The molecule has 0 aliphatic heterocycles. The Kier molecular flexibility index (Phi) is 5.49. The number of hydrogen-bond donors (Lipinski definition) is 4. The highest BCUT2D eigenvalue weighted by Gasteiger charge is 2.15. The zero-order valence-electron chi connectivity index (χ0n) is 10.9. The van der Waals surface area contributed by atoms with Gasteiger partial charge >= 0.3 is 0 Å². The van der Waals surface area contributed by atoms with Crippen LogP contribution < -0.4 is 21.5 Å². The molecule has 0 heterocycles. The van der Waals surface area contributed by atoms with E-state index >= 15 is 0 Å². The van der Waals surface area contributed by atoms with Gasteiger partial charge in [0.05, 0.1) is 0 Å². The average molecular weight is 312 g/mol. The molecule has 1 fully saturated rings. The summed E-state index contributed by atoms with van der Waals surface area (Å²) in [4.78, 5) is 0. The van der Waals surface area contributed by atoms with E-state index in [0.717, 1.165) is 12.8 Å². The molecule has 4 nitrogen and oxygen atoms in total. The van der Waals surface area contributed by atoms with E-state index in [1.807, 2.05) is 0 Å². The molecule has 0 spiro atoms. The minimum absolute atomic E-state index is 0.283. The van der Waals surface area contributed by atoms with Crippen molar-refractivity contribution in [2.24, 2.45) is 0 Å². The van der Waals surface area contributed by atoms with E-state index in [2.05, 4.69) is 21.5 Å². The summed E-state index contributed by atoms with van der Waals surface area (Å²) >= 11 is 10.3. The maximum absolute atomic E-state index is 12.8. The Morgan fingerprint density at radius 3 is 2.25 bits per heavy atom. The molecule has 20 heavy (non-hydrogen) atoms. The van der Waals surface area contributed by atoms with Crippen molar-refractivity contribution < 1.29 is 4.39 Å². The summed E-state index contributed by atoms with van der Waals surface area (Å²) in [5, 5.41) is 7.04. The third kappa shape index (κ3) is 4.90. The monoisotopic (exact) mass is 312 g/mol. The molecule has 7 heteroatoms. The number of anilines is 1. The van der Waals surface area contributed by atoms with Gasteiger partial charge in [0, 0.05) is 11.7 Å². The molecule has 108 valence electrons.